The highest BCUT2D eigenvalue weighted by Crippen LogP contribution is 2.08. The number of benzene rings is 1. The molecule has 0 aliphatic rings. The molecular formula is C11H13NO4S. The lowest BCUT2D eigenvalue weighted by molar-refractivity contribution is -0.134. The summed E-state index contributed by atoms with van der Waals surface area (Å²) in [6.07, 6.45) is 1.07. The van der Waals surface area contributed by atoms with Gasteiger partial charge in [0.2, 0.25) is 0 Å². The molecule has 1 rings (SSSR count). The fourth-order valence-electron chi connectivity index (χ4n) is 1.14. The fourth-order valence-corrected chi connectivity index (χ4v) is 2.25. The number of sulfonamides is 1. The van der Waals surface area contributed by atoms with Crippen LogP contribution in [0.15, 0.2) is 47.0 Å². The summed E-state index contributed by atoms with van der Waals surface area (Å²) in [5, 5.41) is 0. The number of ether oxygens (including phenoxy) is 1. The molecule has 0 heterocycles. The standard InChI is InChI=1S/C11H13NO4S/c1-9(8-11(13)16-2)12-17(14,15)10-6-4-3-5-7-10/h3-8,12H,1-2H3/b9-8+. The van der Waals surface area contributed by atoms with Crippen molar-refractivity contribution < 1.29 is 17.9 Å². The third-order valence-electron chi connectivity index (χ3n) is 1.88. The zero-order valence-corrected chi connectivity index (χ0v) is 10.3. The Hall–Kier alpha value is -1.82. The topological polar surface area (TPSA) is 72.5 Å². The number of hydrogen-bond donors (Lipinski definition) is 1. The van der Waals surface area contributed by atoms with Gasteiger partial charge in [-0.2, -0.15) is 0 Å². The average molecular weight is 255 g/mol. The monoisotopic (exact) mass is 255 g/mol. The van der Waals surface area contributed by atoms with Crippen molar-refractivity contribution in [1.29, 1.82) is 0 Å². The molecule has 0 aromatic heterocycles. The molecule has 0 aliphatic heterocycles. The summed E-state index contributed by atoms with van der Waals surface area (Å²) >= 11 is 0. The van der Waals surface area contributed by atoms with E-state index in [-0.39, 0.29) is 10.6 Å². The first-order chi connectivity index (χ1) is 7.95. The Balaban J connectivity index is 2.89. The number of methoxy groups -OCH3 is 1. The number of carbonyl (C=O) groups excluding carboxylic acids is 1. The molecule has 1 aromatic rings. The zero-order valence-electron chi connectivity index (χ0n) is 9.51. The van der Waals surface area contributed by atoms with Gasteiger partial charge in [-0.25, -0.2) is 13.2 Å². The van der Waals surface area contributed by atoms with Crippen LogP contribution in [0.3, 0.4) is 0 Å². The van der Waals surface area contributed by atoms with Crippen molar-refractivity contribution >= 4 is 16.0 Å². The maximum absolute atomic E-state index is 11.8. The van der Waals surface area contributed by atoms with Crippen LogP contribution < -0.4 is 4.72 Å². The Morgan fingerprint density at radius 1 is 1.29 bits per heavy atom. The zero-order chi connectivity index (χ0) is 12.9. The van der Waals surface area contributed by atoms with Gasteiger partial charge in [-0.3, -0.25) is 4.72 Å². The predicted molar refractivity (Wildman–Crippen MR) is 62.5 cm³/mol. The first kappa shape index (κ1) is 13.2. The molecule has 0 saturated heterocycles. The summed E-state index contributed by atoms with van der Waals surface area (Å²) in [6.45, 7) is 1.47. The Kier molecular flexibility index (Phi) is 4.28. The fraction of sp³-hybridized carbons (Fsp3) is 0.182. The van der Waals surface area contributed by atoms with Crippen LogP contribution in [0.2, 0.25) is 0 Å². The van der Waals surface area contributed by atoms with Gasteiger partial charge in [-0.15, -0.1) is 0 Å². The summed E-state index contributed by atoms with van der Waals surface area (Å²) in [4.78, 5) is 11.0. The molecule has 5 nitrogen and oxygen atoms in total. The van der Waals surface area contributed by atoms with E-state index in [0.717, 1.165) is 6.08 Å². The Labute approximate surface area is 100 Å². The molecule has 0 amide bonds. The number of esters is 1. The number of hydrogen-bond acceptors (Lipinski definition) is 4. The molecule has 0 radical (unpaired) electrons. The summed E-state index contributed by atoms with van der Waals surface area (Å²) in [7, 11) is -2.42. The van der Waals surface area contributed by atoms with Gasteiger partial charge < -0.3 is 4.74 Å². The van der Waals surface area contributed by atoms with Crippen molar-refractivity contribution in [1.82, 2.24) is 4.72 Å². The van der Waals surface area contributed by atoms with Gasteiger partial charge in [-0.1, -0.05) is 18.2 Å². The highest BCUT2D eigenvalue weighted by molar-refractivity contribution is 7.89. The Bertz CT molecular complexity index is 520. The highest BCUT2D eigenvalue weighted by atomic mass is 32.2. The maximum atomic E-state index is 11.8. The summed E-state index contributed by atoms with van der Waals surface area (Å²) in [6, 6.07) is 7.89. The van der Waals surface area contributed by atoms with E-state index in [2.05, 4.69) is 9.46 Å². The smallest absolute Gasteiger partial charge is 0.332 e. The van der Waals surface area contributed by atoms with Gasteiger partial charge in [0.05, 0.1) is 12.0 Å². The van der Waals surface area contributed by atoms with Crippen molar-refractivity contribution in [3.8, 4) is 0 Å². The lowest BCUT2D eigenvalue weighted by Crippen LogP contribution is -2.22. The molecule has 0 aliphatic carbocycles. The van der Waals surface area contributed by atoms with E-state index in [0.29, 0.717) is 0 Å². The number of nitrogens with one attached hydrogen (secondary N) is 1. The average Bonchev–Trinajstić information content (AvgIpc) is 2.29. The van der Waals surface area contributed by atoms with Crippen LogP contribution in [-0.4, -0.2) is 21.5 Å². The van der Waals surface area contributed by atoms with Gasteiger partial charge in [-0.05, 0) is 19.1 Å². The molecule has 6 heteroatoms. The SMILES string of the molecule is COC(=O)/C=C(\C)NS(=O)(=O)c1ccccc1. The van der Waals surface area contributed by atoms with Crippen molar-refractivity contribution in [2.24, 2.45) is 0 Å². The quantitative estimate of drug-likeness (QED) is 0.644. The molecule has 1 N–H and O–H groups in total. The lowest BCUT2D eigenvalue weighted by Gasteiger charge is -2.07. The van der Waals surface area contributed by atoms with Crippen molar-refractivity contribution in [2.75, 3.05) is 7.11 Å². The van der Waals surface area contributed by atoms with Crippen LogP contribution in [0, 0.1) is 0 Å². The van der Waals surface area contributed by atoms with Gasteiger partial charge in [0.15, 0.2) is 0 Å². The van der Waals surface area contributed by atoms with Crippen LogP contribution >= 0.6 is 0 Å². The van der Waals surface area contributed by atoms with Crippen LogP contribution in [0.4, 0.5) is 0 Å². The van der Waals surface area contributed by atoms with Crippen molar-refractivity contribution in [2.45, 2.75) is 11.8 Å². The minimum absolute atomic E-state index is 0.137. The van der Waals surface area contributed by atoms with E-state index >= 15 is 0 Å². The molecule has 0 unspecified atom stereocenters. The summed E-state index contributed by atoms with van der Waals surface area (Å²) in [5.74, 6) is -0.613. The third kappa shape index (κ3) is 3.92. The molecule has 0 fully saturated rings. The minimum Gasteiger partial charge on any atom is -0.466 e. The third-order valence-corrected chi connectivity index (χ3v) is 3.37. The molecule has 92 valence electrons. The van der Waals surface area contributed by atoms with Crippen LogP contribution in [0.25, 0.3) is 0 Å². The first-order valence-corrected chi connectivity index (χ1v) is 6.28. The maximum Gasteiger partial charge on any atom is 0.332 e. The second kappa shape index (κ2) is 5.49. The van der Waals surface area contributed by atoms with E-state index in [1.165, 1.54) is 26.2 Å². The number of allylic oxidation sites excluding steroid dienone is 1. The molecule has 1 aromatic carbocycles. The Morgan fingerprint density at radius 3 is 2.41 bits per heavy atom. The first-order valence-electron chi connectivity index (χ1n) is 4.80. The van der Waals surface area contributed by atoms with Crippen molar-refractivity contribution in [3.05, 3.63) is 42.1 Å². The normalized spacial score (nSPS) is 12.0. The number of carbonyl (C=O) groups is 1. The van der Waals surface area contributed by atoms with E-state index in [9.17, 15) is 13.2 Å². The van der Waals surface area contributed by atoms with Gasteiger partial charge in [0.1, 0.15) is 0 Å². The van der Waals surface area contributed by atoms with E-state index in [1.807, 2.05) is 0 Å². The van der Waals surface area contributed by atoms with Gasteiger partial charge in [0.25, 0.3) is 10.0 Å². The lowest BCUT2D eigenvalue weighted by atomic mass is 10.4. The van der Waals surface area contributed by atoms with Gasteiger partial charge >= 0.3 is 5.97 Å². The molecule has 0 spiro atoms. The minimum atomic E-state index is -3.64. The van der Waals surface area contributed by atoms with Gasteiger partial charge in [0, 0.05) is 11.8 Å². The van der Waals surface area contributed by atoms with E-state index in [1.54, 1.807) is 18.2 Å². The second-order valence-electron chi connectivity index (χ2n) is 3.27. The summed E-state index contributed by atoms with van der Waals surface area (Å²) < 4.78 is 30.3. The second-order valence-corrected chi connectivity index (χ2v) is 4.95. The van der Waals surface area contributed by atoms with E-state index in [4.69, 9.17) is 0 Å². The largest absolute Gasteiger partial charge is 0.466 e. The van der Waals surface area contributed by atoms with Crippen LogP contribution in [0.5, 0.6) is 0 Å². The summed E-state index contributed by atoms with van der Waals surface area (Å²) in [5.41, 5.74) is 0.195. The predicted octanol–water partition coefficient (Wildman–Crippen LogP) is 1.04. The number of rotatable bonds is 4. The molecule has 0 atom stereocenters. The van der Waals surface area contributed by atoms with Crippen LogP contribution in [-0.2, 0) is 19.6 Å². The Morgan fingerprint density at radius 2 is 1.88 bits per heavy atom. The van der Waals surface area contributed by atoms with Crippen molar-refractivity contribution in [3.63, 3.8) is 0 Å². The highest BCUT2D eigenvalue weighted by Gasteiger charge is 2.13. The molecular weight excluding hydrogens is 242 g/mol. The van der Waals surface area contributed by atoms with Crippen LogP contribution in [0.1, 0.15) is 6.92 Å². The molecule has 0 saturated carbocycles. The van der Waals surface area contributed by atoms with E-state index < -0.39 is 16.0 Å². The molecule has 17 heavy (non-hydrogen) atoms. The molecule has 0 bridgehead atoms.